The summed E-state index contributed by atoms with van der Waals surface area (Å²) in [6, 6.07) is 13.6. The van der Waals surface area contributed by atoms with Crippen molar-refractivity contribution in [1.82, 2.24) is 0 Å². The highest BCUT2D eigenvalue weighted by atomic mass is 35.5. The maximum atomic E-state index is 13.1. The van der Waals surface area contributed by atoms with Gasteiger partial charge in [-0.1, -0.05) is 66.7 Å². The minimum absolute atomic E-state index is 0.0296. The van der Waals surface area contributed by atoms with Gasteiger partial charge in [0.05, 0.1) is 5.25 Å². The van der Waals surface area contributed by atoms with Crippen LogP contribution in [0.4, 0.5) is 5.69 Å². The molecule has 1 amide bonds. The Balaban J connectivity index is 1.99. The Hall–Kier alpha value is -1.16. The molecule has 0 saturated carbocycles. The fourth-order valence-electron chi connectivity index (χ4n) is 3.01. The number of hydrogen-bond donors (Lipinski definition) is 0. The highest BCUT2D eigenvalue weighted by Gasteiger charge is 2.42. The predicted octanol–water partition coefficient (Wildman–Crippen LogP) is 6.64. The Kier molecular flexibility index (Phi) is 5.98. The van der Waals surface area contributed by atoms with Crippen LogP contribution in [-0.4, -0.2) is 11.2 Å². The van der Waals surface area contributed by atoms with E-state index in [2.05, 4.69) is 6.92 Å². The number of hydrogen-bond acceptors (Lipinski definition) is 2. The quantitative estimate of drug-likeness (QED) is 0.567. The van der Waals surface area contributed by atoms with Gasteiger partial charge in [0.15, 0.2) is 0 Å². The number of carbonyl (C=O) groups excluding carboxylic acids is 1. The molecule has 0 radical (unpaired) electrons. The monoisotopic (exact) mass is 393 g/mol. The SMILES string of the molecule is CCCCC1SC(c2ccc(Cl)cc2Cl)N(c2ccc(C)cc2)C1=O. The van der Waals surface area contributed by atoms with Gasteiger partial charge >= 0.3 is 0 Å². The standard InChI is InChI=1S/C20H21Cl2NOS/c1-3-4-5-18-19(24)23(15-9-6-13(2)7-10-15)20(25-18)16-11-8-14(21)12-17(16)22/h6-12,18,20H,3-5H2,1-2H3. The molecule has 3 rings (SSSR count). The van der Waals surface area contributed by atoms with Gasteiger partial charge in [-0.25, -0.2) is 0 Å². The van der Waals surface area contributed by atoms with Gasteiger partial charge < -0.3 is 0 Å². The maximum absolute atomic E-state index is 13.1. The van der Waals surface area contributed by atoms with Gasteiger partial charge in [0, 0.05) is 21.3 Å². The number of aryl methyl sites for hydroxylation is 1. The largest absolute Gasteiger partial charge is 0.295 e. The summed E-state index contributed by atoms with van der Waals surface area (Å²) in [5, 5.41) is 1.05. The minimum atomic E-state index is -0.123. The van der Waals surface area contributed by atoms with Crippen LogP contribution in [0.5, 0.6) is 0 Å². The molecule has 2 atom stereocenters. The van der Waals surface area contributed by atoms with Gasteiger partial charge in [-0.15, -0.1) is 11.8 Å². The summed E-state index contributed by atoms with van der Waals surface area (Å²) in [4.78, 5) is 15.0. The number of nitrogens with zero attached hydrogens (tertiary/aromatic N) is 1. The second-order valence-electron chi connectivity index (χ2n) is 6.33. The third-order valence-electron chi connectivity index (χ3n) is 4.40. The summed E-state index contributed by atoms with van der Waals surface area (Å²) in [7, 11) is 0. The average molecular weight is 394 g/mol. The lowest BCUT2D eigenvalue weighted by molar-refractivity contribution is -0.117. The molecule has 1 aliphatic heterocycles. The summed E-state index contributed by atoms with van der Waals surface area (Å²) in [5.74, 6) is 0.165. The molecule has 2 aromatic carbocycles. The zero-order valence-electron chi connectivity index (χ0n) is 14.3. The van der Waals surface area contributed by atoms with Crippen molar-refractivity contribution in [3.05, 3.63) is 63.6 Å². The molecule has 1 heterocycles. The number of amides is 1. The summed E-state index contributed by atoms with van der Waals surface area (Å²) >= 11 is 14.2. The van der Waals surface area contributed by atoms with Gasteiger partial charge in [0.1, 0.15) is 5.37 Å². The van der Waals surface area contributed by atoms with E-state index in [0.29, 0.717) is 10.0 Å². The van der Waals surface area contributed by atoms with Crippen LogP contribution < -0.4 is 4.90 Å². The van der Waals surface area contributed by atoms with E-state index in [1.807, 2.05) is 48.2 Å². The van der Waals surface area contributed by atoms with Crippen molar-refractivity contribution in [1.29, 1.82) is 0 Å². The predicted molar refractivity (Wildman–Crippen MR) is 109 cm³/mol. The molecule has 132 valence electrons. The van der Waals surface area contributed by atoms with Crippen LogP contribution in [0.3, 0.4) is 0 Å². The van der Waals surface area contributed by atoms with E-state index in [0.717, 1.165) is 30.5 Å². The van der Waals surface area contributed by atoms with Crippen LogP contribution in [0.2, 0.25) is 10.0 Å². The highest BCUT2D eigenvalue weighted by Crippen LogP contribution is 2.48. The number of unbranched alkanes of at least 4 members (excludes halogenated alkanes) is 1. The first kappa shape index (κ1) is 18.6. The van der Waals surface area contributed by atoms with Gasteiger partial charge in [0.25, 0.3) is 0 Å². The molecule has 1 aliphatic rings. The lowest BCUT2D eigenvalue weighted by atomic mass is 10.1. The van der Waals surface area contributed by atoms with Crippen LogP contribution in [0.15, 0.2) is 42.5 Å². The van der Waals surface area contributed by atoms with Crippen LogP contribution in [-0.2, 0) is 4.79 Å². The third-order valence-corrected chi connectivity index (χ3v) is 6.45. The molecule has 1 saturated heterocycles. The third kappa shape index (κ3) is 3.99. The summed E-state index contributed by atoms with van der Waals surface area (Å²) < 4.78 is 0. The van der Waals surface area contributed by atoms with Crippen molar-refractivity contribution < 1.29 is 4.79 Å². The van der Waals surface area contributed by atoms with Gasteiger partial charge in [-0.3, -0.25) is 9.69 Å². The van der Waals surface area contributed by atoms with Gasteiger partial charge in [-0.05, 0) is 37.6 Å². The number of thioether (sulfide) groups is 1. The molecule has 0 spiro atoms. The molecule has 0 aliphatic carbocycles. The fraction of sp³-hybridized carbons (Fsp3) is 0.350. The van der Waals surface area contributed by atoms with Gasteiger partial charge in [0.2, 0.25) is 5.91 Å². The van der Waals surface area contributed by atoms with Gasteiger partial charge in [-0.2, -0.15) is 0 Å². The van der Waals surface area contributed by atoms with E-state index in [1.165, 1.54) is 5.56 Å². The van der Waals surface area contributed by atoms with Crippen LogP contribution in [0, 0.1) is 6.92 Å². The summed E-state index contributed by atoms with van der Waals surface area (Å²) in [6.45, 7) is 4.19. The lowest BCUT2D eigenvalue weighted by Crippen LogP contribution is -2.31. The zero-order chi connectivity index (χ0) is 18.0. The Morgan fingerprint density at radius 3 is 2.48 bits per heavy atom. The van der Waals surface area contributed by atoms with Crippen molar-refractivity contribution >= 4 is 46.6 Å². The van der Waals surface area contributed by atoms with Crippen molar-refractivity contribution in [2.24, 2.45) is 0 Å². The molecule has 0 aromatic heterocycles. The van der Waals surface area contributed by atoms with Crippen LogP contribution in [0.1, 0.15) is 42.7 Å². The van der Waals surface area contributed by atoms with E-state index in [9.17, 15) is 4.79 Å². The minimum Gasteiger partial charge on any atom is -0.295 e. The van der Waals surface area contributed by atoms with E-state index in [4.69, 9.17) is 23.2 Å². The number of carbonyl (C=O) groups is 1. The summed E-state index contributed by atoms with van der Waals surface area (Å²) in [5.41, 5.74) is 3.02. The Bertz CT molecular complexity index is 763. The molecule has 25 heavy (non-hydrogen) atoms. The van der Waals surface area contributed by atoms with E-state index < -0.39 is 0 Å². The molecular formula is C20H21Cl2NOS. The van der Waals surface area contributed by atoms with Crippen LogP contribution >= 0.6 is 35.0 Å². The number of rotatable bonds is 5. The molecule has 2 nitrogen and oxygen atoms in total. The zero-order valence-corrected chi connectivity index (χ0v) is 16.7. The maximum Gasteiger partial charge on any atom is 0.241 e. The molecule has 1 fully saturated rings. The molecule has 0 bridgehead atoms. The second kappa shape index (κ2) is 8.03. The normalized spacial score (nSPS) is 20.3. The molecule has 5 heteroatoms. The van der Waals surface area contributed by atoms with E-state index >= 15 is 0 Å². The fourth-order valence-corrected chi connectivity index (χ4v) is 5.13. The first-order valence-corrected chi connectivity index (χ1v) is 10.2. The van der Waals surface area contributed by atoms with Crippen molar-refractivity contribution in [2.75, 3.05) is 4.90 Å². The molecule has 2 aromatic rings. The Morgan fingerprint density at radius 2 is 1.84 bits per heavy atom. The van der Waals surface area contributed by atoms with Crippen molar-refractivity contribution in [3.8, 4) is 0 Å². The lowest BCUT2D eigenvalue weighted by Gasteiger charge is -2.25. The highest BCUT2D eigenvalue weighted by molar-refractivity contribution is 8.01. The summed E-state index contributed by atoms with van der Waals surface area (Å²) in [6.07, 6.45) is 3.03. The number of benzene rings is 2. The molecular weight excluding hydrogens is 373 g/mol. The van der Waals surface area contributed by atoms with Crippen molar-refractivity contribution in [3.63, 3.8) is 0 Å². The van der Waals surface area contributed by atoms with Crippen LogP contribution in [0.25, 0.3) is 0 Å². The van der Waals surface area contributed by atoms with E-state index in [-0.39, 0.29) is 16.5 Å². The first-order chi connectivity index (χ1) is 12.0. The first-order valence-electron chi connectivity index (χ1n) is 8.51. The van der Waals surface area contributed by atoms with E-state index in [1.54, 1.807) is 17.8 Å². The Morgan fingerprint density at radius 1 is 1.12 bits per heavy atom. The second-order valence-corrected chi connectivity index (χ2v) is 8.46. The average Bonchev–Trinajstić information content (AvgIpc) is 2.90. The number of anilines is 1. The van der Waals surface area contributed by atoms with Crippen molar-refractivity contribution in [2.45, 2.75) is 43.7 Å². The smallest absolute Gasteiger partial charge is 0.241 e. The Labute approximate surface area is 163 Å². The number of halogens is 2. The molecule has 0 N–H and O–H groups in total. The topological polar surface area (TPSA) is 20.3 Å². The molecule has 2 unspecified atom stereocenters.